The first-order valence-corrected chi connectivity index (χ1v) is 13.5. The Hall–Kier alpha value is -5.20. The number of hydrogen-bond donors (Lipinski definition) is 0. The molecule has 0 fully saturated rings. The van der Waals surface area contributed by atoms with Crippen LogP contribution in [0.15, 0.2) is 176 Å². The molecule has 0 N–H and O–H groups in total. The molecule has 192 valence electrons. The summed E-state index contributed by atoms with van der Waals surface area (Å²) in [4.78, 5) is 0. The van der Waals surface area contributed by atoms with Crippen LogP contribution in [-0.4, -0.2) is 0 Å². The summed E-state index contributed by atoms with van der Waals surface area (Å²) in [6, 6.07) is 58.8. The Kier molecular flexibility index (Phi) is 8.95. The van der Waals surface area contributed by atoms with Crippen LogP contribution in [0, 0.1) is 0 Å². The van der Waals surface area contributed by atoms with Gasteiger partial charge in [-0.05, 0) is 50.1 Å². The molecule has 6 rings (SSSR count). The van der Waals surface area contributed by atoms with Crippen LogP contribution in [0.5, 0.6) is 0 Å². The molecule has 0 spiro atoms. The standard InChI is InChI=1S/C26H20.C14H12/c1-3-7-23(8-4-1)25-17-13-21(14-18-25)11-12-22-15-19-26(20-16-22)24-9-5-2-6-10-24;1-12(13-8-4-2-5-9-13)14-10-6-3-7-11-14/h1-20H;2-11H,1H2/b12-11+;. The molecule has 0 aromatic heterocycles. The van der Waals surface area contributed by atoms with Crippen LogP contribution >= 0.6 is 0 Å². The van der Waals surface area contributed by atoms with Crippen molar-refractivity contribution < 1.29 is 0 Å². The fraction of sp³-hybridized carbons (Fsp3) is 0. The second kappa shape index (κ2) is 13.6. The fourth-order valence-corrected chi connectivity index (χ4v) is 4.47. The van der Waals surface area contributed by atoms with Gasteiger partial charge in [-0.15, -0.1) is 0 Å². The van der Waals surface area contributed by atoms with Crippen LogP contribution in [-0.2, 0) is 0 Å². The van der Waals surface area contributed by atoms with E-state index in [1.165, 1.54) is 44.5 Å². The highest BCUT2D eigenvalue weighted by atomic mass is 14.0. The molecule has 0 saturated heterocycles. The van der Waals surface area contributed by atoms with Crippen LogP contribution in [0.25, 0.3) is 40.0 Å². The minimum Gasteiger partial charge on any atom is -0.0906 e. The van der Waals surface area contributed by atoms with E-state index in [-0.39, 0.29) is 0 Å². The minimum absolute atomic E-state index is 1.08. The van der Waals surface area contributed by atoms with Gasteiger partial charge < -0.3 is 0 Å². The van der Waals surface area contributed by atoms with E-state index in [2.05, 4.69) is 140 Å². The first-order chi connectivity index (χ1) is 19.8. The van der Waals surface area contributed by atoms with Crippen LogP contribution in [0.4, 0.5) is 0 Å². The van der Waals surface area contributed by atoms with E-state index in [0.717, 1.165) is 5.57 Å². The summed E-state index contributed by atoms with van der Waals surface area (Å²) in [5.41, 5.74) is 10.8. The van der Waals surface area contributed by atoms with Gasteiger partial charge in [0.1, 0.15) is 0 Å². The summed E-state index contributed by atoms with van der Waals surface area (Å²) < 4.78 is 0. The molecule has 0 unspecified atom stereocenters. The lowest BCUT2D eigenvalue weighted by Crippen LogP contribution is -1.84. The predicted octanol–water partition coefficient (Wildman–Crippen LogP) is 10.9. The SMILES string of the molecule is C(=C\c1ccc(-c2ccccc2)cc1)/c1ccc(-c2ccccc2)cc1.C=C(c1ccccc1)c1ccccc1. The van der Waals surface area contributed by atoms with Crippen LogP contribution in [0.1, 0.15) is 22.3 Å². The van der Waals surface area contributed by atoms with Gasteiger partial charge in [0.2, 0.25) is 0 Å². The molecule has 0 aliphatic heterocycles. The summed E-state index contributed by atoms with van der Waals surface area (Å²) in [6.45, 7) is 4.10. The largest absolute Gasteiger partial charge is 0.0906 e. The zero-order valence-electron chi connectivity index (χ0n) is 22.5. The quantitative estimate of drug-likeness (QED) is 0.195. The molecule has 0 nitrogen and oxygen atoms in total. The highest BCUT2D eigenvalue weighted by molar-refractivity contribution is 5.78. The molecule has 0 saturated carbocycles. The number of rotatable bonds is 6. The van der Waals surface area contributed by atoms with Crippen molar-refractivity contribution in [3.8, 4) is 22.3 Å². The van der Waals surface area contributed by atoms with Gasteiger partial charge in [0.05, 0.1) is 0 Å². The van der Waals surface area contributed by atoms with Crippen molar-refractivity contribution in [2.45, 2.75) is 0 Å². The van der Waals surface area contributed by atoms with Crippen LogP contribution < -0.4 is 0 Å². The minimum atomic E-state index is 1.08. The Bertz CT molecular complexity index is 1500. The van der Waals surface area contributed by atoms with Gasteiger partial charge in [0, 0.05) is 0 Å². The molecule has 0 heterocycles. The molecule has 0 aliphatic carbocycles. The Balaban J connectivity index is 0.000000194. The third kappa shape index (κ3) is 7.22. The molecule has 0 amide bonds. The van der Waals surface area contributed by atoms with Crippen molar-refractivity contribution in [1.29, 1.82) is 0 Å². The molecule has 0 radical (unpaired) electrons. The van der Waals surface area contributed by atoms with Crippen molar-refractivity contribution in [3.63, 3.8) is 0 Å². The highest BCUT2D eigenvalue weighted by Crippen LogP contribution is 2.22. The maximum absolute atomic E-state index is 4.10. The first kappa shape index (κ1) is 26.4. The third-order valence-electron chi connectivity index (χ3n) is 6.75. The van der Waals surface area contributed by atoms with Gasteiger partial charge in [-0.3, -0.25) is 0 Å². The highest BCUT2D eigenvalue weighted by Gasteiger charge is 2.00. The third-order valence-corrected chi connectivity index (χ3v) is 6.75. The predicted molar refractivity (Wildman–Crippen MR) is 174 cm³/mol. The smallest absolute Gasteiger partial charge is 0.0183 e. The second-order valence-electron chi connectivity index (χ2n) is 9.52. The van der Waals surface area contributed by atoms with Gasteiger partial charge >= 0.3 is 0 Å². The second-order valence-corrected chi connectivity index (χ2v) is 9.52. The molecule has 0 bridgehead atoms. The monoisotopic (exact) mass is 512 g/mol. The van der Waals surface area contributed by atoms with E-state index in [1.807, 2.05) is 48.5 Å². The Labute approximate surface area is 238 Å². The van der Waals surface area contributed by atoms with Gasteiger partial charge in [-0.2, -0.15) is 0 Å². The Morgan fingerprint density at radius 3 is 0.925 bits per heavy atom. The van der Waals surface area contributed by atoms with Crippen LogP contribution in [0.2, 0.25) is 0 Å². The lowest BCUT2D eigenvalue weighted by Gasteiger charge is -2.04. The summed E-state index contributed by atoms with van der Waals surface area (Å²) in [7, 11) is 0. The van der Waals surface area contributed by atoms with Crippen LogP contribution in [0.3, 0.4) is 0 Å². The number of hydrogen-bond acceptors (Lipinski definition) is 0. The van der Waals surface area contributed by atoms with Gasteiger partial charge in [0.25, 0.3) is 0 Å². The molecule has 6 aromatic carbocycles. The Morgan fingerprint density at radius 1 is 0.325 bits per heavy atom. The van der Waals surface area contributed by atoms with E-state index in [4.69, 9.17) is 0 Å². The molecule has 6 aromatic rings. The van der Waals surface area contributed by atoms with Gasteiger partial charge in [-0.25, -0.2) is 0 Å². The van der Waals surface area contributed by atoms with Crippen molar-refractivity contribution in [1.82, 2.24) is 0 Å². The van der Waals surface area contributed by atoms with E-state index < -0.39 is 0 Å². The van der Waals surface area contributed by atoms with Crippen molar-refractivity contribution in [2.75, 3.05) is 0 Å². The lowest BCUT2D eigenvalue weighted by molar-refractivity contribution is 1.56. The average Bonchev–Trinajstić information content (AvgIpc) is 3.06. The maximum Gasteiger partial charge on any atom is -0.0183 e. The Morgan fingerprint density at radius 2 is 0.600 bits per heavy atom. The van der Waals surface area contributed by atoms with E-state index in [1.54, 1.807) is 0 Å². The van der Waals surface area contributed by atoms with Gasteiger partial charge in [0.15, 0.2) is 0 Å². The average molecular weight is 513 g/mol. The lowest BCUT2D eigenvalue weighted by atomic mass is 10.0. The summed E-state index contributed by atoms with van der Waals surface area (Å²) in [5, 5.41) is 0. The maximum atomic E-state index is 4.10. The summed E-state index contributed by atoms with van der Waals surface area (Å²) in [6.07, 6.45) is 4.32. The van der Waals surface area contributed by atoms with E-state index in [9.17, 15) is 0 Å². The number of benzene rings is 6. The fourth-order valence-electron chi connectivity index (χ4n) is 4.47. The topological polar surface area (TPSA) is 0 Å². The molecule has 40 heavy (non-hydrogen) atoms. The van der Waals surface area contributed by atoms with E-state index in [0.29, 0.717) is 0 Å². The normalized spacial score (nSPS) is 10.5. The van der Waals surface area contributed by atoms with Crippen molar-refractivity contribution in [3.05, 3.63) is 199 Å². The summed E-state index contributed by atoms with van der Waals surface area (Å²) in [5.74, 6) is 0. The van der Waals surface area contributed by atoms with Crippen molar-refractivity contribution in [2.24, 2.45) is 0 Å². The summed E-state index contributed by atoms with van der Waals surface area (Å²) >= 11 is 0. The molecule has 0 heteroatoms. The molecule has 0 atom stereocenters. The molecular weight excluding hydrogens is 480 g/mol. The first-order valence-electron chi connectivity index (χ1n) is 13.5. The zero-order valence-corrected chi connectivity index (χ0v) is 22.5. The van der Waals surface area contributed by atoms with Gasteiger partial charge in [-0.1, -0.05) is 189 Å². The zero-order chi connectivity index (χ0) is 27.4. The van der Waals surface area contributed by atoms with E-state index >= 15 is 0 Å². The molecule has 0 aliphatic rings. The van der Waals surface area contributed by atoms with Crippen molar-refractivity contribution >= 4 is 17.7 Å². The molecular formula is C40H32.